The molecule has 2 aromatic rings. The van der Waals surface area contributed by atoms with Gasteiger partial charge >= 0.3 is 0 Å². The monoisotopic (exact) mass is 185 g/mol. The fraction of sp³-hybridized carbons (Fsp3) is 0.167. The SMILES string of the molecule is N[C@H]1COc2cc3ccccc3cc21. The van der Waals surface area contributed by atoms with Gasteiger partial charge in [0.2, 0.25) is 0 Å². The molecule has 0 saturated heterocycles. The van der Waals surface area contributed by atoms with E-state index in [9.17, 15) is 0 Å². The fourth-order valence-electron chi connectivity index (χ4n) is 1.92. The van der Waals surface area contributed by atoms with E-state index in [4.69, 9.17) is 10.5 Å². The molecule has 2 heteroatoms. The van der Waals surface area contributed by atoms with E-state index in [1.807, 2.05) is 12.1 Å². The molecule has 1 aliphatic heterocycles. The lowest BCUT2D eigenvalue weighted by Crippen LogP contribution is -2.10. The minimum Gasteiger partial charge on any atom is -0.491 e. The standard InChI is InChI=1S/C12H11NO/c13-11-7-14-12-6-9-4-2-1-3-8(9)5-10(11)12/h1-6,11H,7,13H2/t11-/m0/s1. The van der Waals surface area contributed by atoms with Gasteiger partial charge in [0.15, 0.2) is 0 Å². The molecule has 0 bridgehead atoms. The van der Waals surface area contributed by atoms with Crippen molar-refractivity contribution >= 4 is 10.8 Å². The van der Waals surface area contributed by atoms with Crippen LogP contribution in [0.2, 0.25) is 0 Å². The average molecular weight is 185 g/mol. The molecule has 1 atom stereocenters. The first kappa shape index (κ1) is 7.83. The molecular weight excluding hydrogens is 174 g/mol. The molecule has 2 aromatic carbocycles. The Balaban J connectivity index is 2.33. The Morgan fingerprint density at radius 3 is 2.64 bits per heavy atom. The molecule has 0 fully saturated rings. The highest BCUT2D eigenvalue weighted by molar-refractivity contribution is 5.85. The van der Waals surface area contributed by atoms with Crippen LogP contribution < -0.4 is 10.5 Å². The van der Waals surface area contributed by atoms with Crippen molar-refractivity contribution < 1.29 is 4.74 Å². The Hall–Kier alpha value is -1.54. The lowest BCUT2D eigenvalue weighted by Gasteiger charge is -2.03. The van der Waals surface area contributed by atoms with E-state index in [-0.39, 0.29) is 6.04 Å². The van der Waals surface area contributed by atoms with E-state index in [1.54, 1.807) is 0 Å². The molecule has 1 aliphatic rings. The molecule has 0 saturated carbocycles. The summed E-state index contributed by atoms with van der Waals surface area (Å²) in [4.78, 5) is 0. The maximum absolute atomic E-state index is 5.91. The van der Waals surface area contributed by atoms with Crippen LogP contribution in [0.25, 0.3) is 10.8 Å². The highest BCUT2D eigenvalue weighted by Crippen LogP contribution is 2.34. The van der Waals surface area contributed by atoms with E-state index in [2.05, 4.69) is 24.3 Å². The van der Waals surface area contributed by atoms with Gasteiger partial charge in [-0.05, 0) is 22.9 Å². The van der Waals surface area contributed by atoms with Crippen molar-refractivity contribution in [2.45, 2.75) is 6.04 Å². The van der Waals surface area contributed by atoms with E-state index in [1.165, 1.54) is 10.8 Å². The summed E-state index contributed by atoms with van der Waals surface area (Å²) in [5, 5.41) is 2.44. The van der Waals surface area contributed by atoms with Crippen molar-refractivity contribution in [3.63, 3.8) is 0 Å². The normalized spacial score (nSPS) is 19.4. The molecule has 3 rings (SSSR count). The van der Waals surface area contributed by atoms with E-state index in [0.717, 1.165) is 11.3 Å². The van der Waals surface area contributed by atoms with E-state index in [0.29, 0.717) is 6.61 Å². The highest BCUT2D eigenvalue weighted by atomic mass is 16.5. The zero-order valence-electron chi connectivity index (χ0n) is 7.73. The van der Waals surface area contributed by atoms with Gasteiger partial charge in [0.1, 0.15) is 12.4 Å². The molecule has 0 unspecified atom stereocenters. The molecular formula is C12H11NO. The number of rotatable bonds is 0. The van der Waals surface area contributed by atoms with Gasteiger partial charge in [0.25, 0.3) is 0 Å². The molecule has 70 valence electrons. The van der Waals surface area contributed by atoms with Crippen molar-refractivity contribution in [2.75, 3.05) is 6.61 Å². The van der Waals surface area contributed by atoms with Gasteiger partial charge in [0, 0.05) is 5.56 Å². The van der Waals surface area contributed by atoms with Crippen LogP contribution >= 0.6 is 0 Å². The molecule has 0 spiro atoms. The van der Waals surface area contributed by atoms with Crippen molar-refractivity contribution in [3.05, 3.63) is 42.0 Å². The van der Waals surface area contributed by atoms with Crippen molar-refractivity contribution in [1.29, 1.82) is 0 Å². The van der Waals surface area contributed by atoms with Gasteiger partial charge in [-0.3, -0.25) is 0 Å². The Morgan fingerprint density at radius 2 is 1.86 bits per heavy atom. The Bertz CT molecular complexity index is 493. The van der Waals surface area contributed by atoms with Crippen molar-refractivity contribution in [2.24, 2.45) is 5.73 Å². The highest BCUT2D eigenvalue weighted by Gasteiger charge is 2.20. The summed E-state index contributed by atoms with van der Waals surface area (Å²) in [5.74, 6) is 0.941. The zero-order chi connectivity index (χ0) is 9.54. The Morgan fingerprint density at radius 1 is 1.14 bits per heavy atom. The Labute approximate surface area is 82.3 Å². The van der Waals surface area contributed by atoms with Crippen molar-refractivity contribution in [3.8, 4) is 5.75 Å². The number of nitrogens with two attached hydrogens (primary N) is 1. The second kappa shape index (κ2) is 2.72. The van der Waals surface area contributed by atoms with Crippen LogP contribution in [-0.2, 0) is 0 Å². The number of fused-ring (bicyclic) bond motifs is 2. The average Bonchev–Trinajstić information content (AvgIpc) is 2.57. The van der Waals surface area contributed by atoms with Gasteiger partial charge in [-0.1, -0.05) is 24.3 Å². The maximum Gasteiger partial charge on any atom is 0.124 e. The summed E-state index contributed by atoms with van der Waals surface area (Å²) in [6.07, 6.45) is 0. The number of hydrogen-bond donors (Lipinski definition) is 1. The van der Waals surface area contributed by atoms with Crippen LogP contribution in [0.4, 0.5) is 0 Å². The summed E-state index contributed by atoms with van der Waals surface area (Å²) in [6, 6.07) is 12.5. The summed E-state index contributed by atoms with van der Waals surface area (Å²) >= 11 is 0. The lowest BCUT2D eigenvalue weighted by atomic mass is 10.0. The fourth-order valence-corrected chi connectivity index (χ4v) is 1.92. The third kappa shape index (κ3) is 1.01. The van der Waals surface area contributed by atoms with Crippen LogP contribution in [0.15, 0.2) is 36.4 Å². The quantitative estimate of drug-likeness (QED) is 0.683. The van der Waals surface area contributed by atoms with Gasteiger partial charge in [-0.15, -0.1) is 0 Å². The van der Waals surface area contributed by atoms with Crippen LogP contribution in [0.5, 0.6) is 5.75 Å². The first-order valence-electron chi connectivity index (χ1n) is 4.76. The molecule has 0 amide bonds. The van der Waals surface area contributed by atoms with Crippen LogP contribution in [0.3, 0.4) is 0 Å². The minimum atomic E-state index is 0.0367. The smallest absolute Gasteiger partial charge is 0.124 e. The molecule has 14 heavy (non-hydrogen) atoms. The number of benzene rings is 2. The maximum atomic E-state index is 5.91. The van der Waals surface area contributed by atoms with Crippen LogP contribution in [-0.4, -0.2) is 6.61 Å². The van der Waals surface area contributed by atoms with E-state index >= 15 is 0 Å². The molecule has 2 nitrogen and oxygen atoms in total. The van der Waals surface area contributed by atoms with Gasteiger partial charge in [0.05, 0.1) is 6.04 Å². The third-order valence-electron chi connectivity index (χ3n) is 2.70. The molecule has 0 aromatic heterocycles. The van der Waals surface area contributed by atoms with Gasteiger partial charge in [-0.2, -0.15) is 0 Å². The first-order valence-corrected chi connectivity index (χ1v) is 4.76. The first-order chi connectivity index (χ1) is 6.84. The van der Waals surface area contributed by atoms with Gasteiger partial charge < -0.3 is 10.5 Å². The summed E-state index contributed by atoms with van der Waals surface area (Å²) in [7, 11) is 0. The Kier molecular flexibility index (Phi) is 1.52. The second-order valence-electron chi connectivity index (χ2n) is 3.65. The summed E-state index contributed by atoms with van der Waals surface area (Å²) < 4.78 is 5.49. The number of ether oxygens (including phenoxy) is 1. The second-order valence-corrected chi connectivity index (χ2v) is 3.65. The third-order valence-corrected chi connectivity index (χ3v) is 2.70. The van der Waals surface area contributed by atoms with E-state index < -0.39 is 0 Å². The zero-order valence-corrected chi connectivity index (χ0v) is 7.73. The minimum absolute atomic E-state index is 0.0367. The van der Waals surface area contributed by atoms with Crippen LogP contribution in [0, 0.1) is 0 Å². The van der Waals surface area contributed by atoms with Crippen molar-refractivity contribution in [1.82, 2.24) is 0 Å². The molecule has 1 heterocycles. The predicted octanol–water partition coefficient (Wildman–Crippen LogP) is 2.23. The molecule has 2 N–H and O–H groups in total. The molecule has 0 aliphatic carbocycles. The lowest BCUT2D eigenvalue weighted by molar-refractivity contribution is 0.333. The van der Waals surface area contributed by atoms with Crippen LogP contribution in [0.1, 0.15) is 11.6 Å². The summed E-state index contributed by atoms with van der Waals surface area (Å²) in [6.45, 7) is 0.603. The topological polar surface area (TPSA) is 35.2 Å². The summed E-state index contributed by atoms with van der Waals surface area (Å²) in [5.41, 5.74) is 7.04. The number of hydrogen-bond acceptors (Lipinski definition) is 2. The largest absolute Gasteiger partial charge is 0.491 e. The molecule has 0 radical (unpaired) electrons. The van der Waals surface area contributed by atoms with Gasteiger partial charge in [-0.25, -0.2) is 0 Å². The predicted molar refractivity (Wildman–Crippen MR) is 56.4 cm³/mol.